The van der Waals surface area contributed by atoms with Crippen molar-refractivity contribution < 1.29 is 9.59 Å². The quantitative estimate of drug-likeness (QED) is 0.521. The van der Waals surface area contributed by atoms with Gasteiger partial charge in [-0.15, -0.1) is 0 Å². The lowest BCUT2D eigenvalue weighted by atomic mass is 10.1. The van der Waals surface area contributed by atoms with Crippen LogP contribution < -0.4 is 10.9 Å². The number of para-hydroxylation sites is 1. The molecule has 0 radical (unpaired) electrons. The van der Waals surface area contributed by atoms with Crippen molar-refractivity contribution in [3.63, 3.8) is 0 Å². The third kappa shape index (κ3) is 2.12. The highest BCUT2D eigenvalue weighted by molar-refractivity contribution is 6.06. The highest BCUT2D eigenvalue weighted by atomic mass is 16.2. The predicted octanol–water partition coefficient (Wildman–Crippen LogP) is 0.966. The van der Waals surface area contributed by atoms with Crippen LogP contribution in [0.3, 0.4) is 0 Å². The van der Waals surface area contributed by atoms with Gasteiger partial charge in [-0.3, -0.25) is 25.5 Å². The van der Waals surface area contributed by atoms with Gasteiger partial charge < -0.3 is 4.98 Å². The molecule has 0 aliphatic carbocycles. The summed E-state index contributed by atoms with van der Waals surface area (Å²) in [5.41, 5.74) is 6.10. The number of hydrogen-bond donors (Lipinski definition) is 4. The summed E-state index contributed by atoms with van der Waals surface area (Å²) in [6, 6.07) is 8.54. The second kappa shape index (κ2) is 4.88. The summed E-state index contributed by atoms with van der Waals surface area (Å²) in [6.45, 7) is 0. The molecule has 2 aromatic heterocycles. The summed E-state index contributed by atoms with van der Waals surface area (Å²) >= 11 is 0. The lowest BCUT2D eigenvalue weighted by Crippen LogP contribution is -2.41. The molecule has 0 spiro atoms. The third-order valence-corrected chi connectivity index (χ3v) is 2.85. The van der Waals surface area contributed by atoms with Gasteiger partial charge in [0.15, 0.2) is 0 Å². The Bertz CT molecular complexity index is 760. The van der Waals surface area contributed by atoms with Gasteiger partial charge in [0.25, 0.3) is 11.8 Å². The van der Waals surface area contributed by atoms with E-state index in [1.54, 1.807) is 36.7 Å². The third-order valence-electron chi connectivity index (χ3n) is 2.85. The second-order valence-electron chi connectivity index (χ2n) is 4.13. The molecule has 0 saturated heterocycles. The Morgan fingerprint density at radius 1 is 1.05 bits per heavy atom. The zero-order chi connectivity index (χ0) is 13.9. The number of aromatic amines is 2. The number of H-pyrrole nitrogens is 2. The van der Waals surface area contributed by atoms with E-state index in [1.165, 1.54) is 0 Å². The summed E-state index contributed by atoms with van der Waals surface area (Å²) in [7, 11) is 0. The minimum atomic E-state index is -0.417. The number of carbonyl (C=O) groups is 2. The molecule has 3 rings (SSSR count). The van der Waals surface area contributed by atoms with Gasteiger partial charge in [-0.05, 0) is 18.2 Å². The fraction of sp³-hybridized carbons (Fsp3) is 0. The van der Waals surface area contributed by atoms with Crippen LogP contribution >= 0.6 is 0 Å². The molecule has 1 aromatic carbocycles. The lowest BCUT2D eigenvalue weighted by molar-refractivity contribution is 0.0845. The molecule has 7 heteroatoms. The molecule has 4 N–H and O–H groups in total. The Labute approximate surface area is 113 Å². The predicted molar refractivity (Wildman–Crippen MR) is 71.8 cm³/mol. The first kappa shape index (κ1) is 12.0. The molecule has 2 amide bonds. The van der Waals surface area contributed by atoms with Crippen LogP contribution in [0, 0.1) is 0 Å². The molecule has 0 aliphatic heterocycles. The van der Waals surface area contributed by atoms with E-state index in [-0.39, 0.29) is 0 Å². The molecule has 3 aromatic rings. The van der Waals surface area contributed by atoms with Gasteiger partial charge in [-0.1, -0.05) is 12.1 Å². The van der Waals surface area contributed by atoms with Crippen molar-refractivity contribution in [3.05, 3.63) is 54.0 Å². The molecule has 0 atom stereocenters. The van der Waals surface area contributed by atoms with Crippen molar-refractivity contribution in [3.8, 4) is 0 Å². The second-order valence-corrected chi connectivity index (χ2v) is 4.13. The van der Waals surface area contributed by atoms with Crippen LogP contribution in [0.2, 0.25) is 0 Å². The molecule has 20 heavy (non-hydrogen) atoms. The van der Waals surface area contributed by atoms with Crippen LogP contribution in [0.25, 0.3) is 10.9 Å². The van der Waals surface area contributed by atoms with Crippen molar-refractivity contribution in [1.29, 1.82) is 0 Å². The maximum Gasteiger partial charge on any atom is 0.286 e. The fourth-order valence-electron chi connectivity index (χ4n) is 1.88. The molecule has 0 unspecified atom stereocenters. The van der Waals surface area contributed by atoms with E-state index in [0.717, 1.165) is 5.39 Å². The molecule has 7 nitrogen and oxygen atoms in total. The van der Waals surface area contributed by atoms with Crippen LogP contribution in [0.1, 0.15) is 20.8 Å². The molecular weight excluding hydrogens is 258 g/mol. The van der Waals surface area contributed by atoms with Crippen LogP contribution in [-0.2, 0) is 0 Å². The van der Waals surface area contributed by atoms with Crippen molar-refractivity contribution in [2.75, 3.05) is 0 Å². The number of aromatic nitrogens is 3. The first-order chi connectivity index (χ1) is 9.75. The molecule has 0 saturated carbocycles. The first-order valence-electron chi connectivity index (χ1n) is 5.92. The van der Waals surface area contributed by atoms with Crippen LogP contribution in [0.5, 0.6) is 0 Å². The fourth-order valence-corrected chi connectivity index (χ4v) is 1.88. The van der Waals surface area contributed by atoms with Gasteiger partial charge in [0, 0.05) is 11.6 Å². The Balaban J connectivity index is 1.74. The molecule has 2 heterocycles. The van der Waals surface area contributed by atoms with Gasteiger partial charge in [-0.25, -0.2) is 0 Å². The summed E-state index contributed by atoms with van der Waals surface area (Å²) in [5.74, 6) is -0.833. The number of fused-ring (bicyclic) bond motifs is 1. The summed E-state index contributed by atoms with van der Waals surface area (Å²) < 4.78 is 0. The van der Waals surface area contributed by atoms with Gasteiger partial charge in [0.05, 0.1) is 17.3 Å². The van der Waals surface area contributed by atoms with Crippen molar-refractivity contribution in [2.24, 2.45) is 0 Å². The van der Waals surface area contributed by atoms with Crippen molar-refractivity contribution in [2.45, 2.75) is 0 Å². The number of nitrogens with one attached hydrogen (secondary N) is 4. The number of hydrazine groups is 1. The maximum absolute atomic E-state index is 12.0. The maximum atomic E-state index is 12.0. The minimum absolute atomic E-state index is 0.366. The molecule has 100 valence electrons. The number of benzene rings is 1. The van der Waals surface area contributed by atoms with E-state index in [4.69, 9.17) is 0 Å². The average Bonchev–Trinajstić information content (AvgIpc) is 3.13. The topological polar surface area (TPSA) is 103 Å². The SMILES string of the molecule is O=C(NNC(=O)c1cccc2cn[nH]c12)c1ccc[nH]1. The van der Waals surface area contributed by atoms with E-state index >= 15 is 0 Å². The first-order valence-corrected chi connectivity index (χ1v) is 5.92. The molecule has 0 bridgehead atoms. The molecular formula is C13H11N5O2. The highest BCUT2D eigenvalue weighted by Crippen LogP contribution is 2.14. The van der Waals surface area contributed by atoms with E-state index in [1.807, 2.05) is 6.07 Å². The standard InChI is InChI=1S/C13H11N5O2/c19-12(17-18-13(20)10-5-2-6-14-10)9-4-1-3-8-7-15-16-11(8)9/h1-7,14H,(H,15,16)(H,17,19)(H,18,20). The average molecular weight is 269 g/mol. The number of nitrogens with zero attached hydrogens (tertiary/aromatic N) is 1. The normalized spacial score (nSPS) is 10.4. The van der Waals surface area contributed by atoms with E-state index in [0.29, 0.717) is 16.8 Å². The Kier molecular flexibility index (Phi) is 2.92. The number of carbonyl (C=O) groups excluding carboxylic acids is 2. The smallest absolute Gasteiger partial charge is 0.286 e. The number of hydrogen-bond acceptors (Lipinski definition) is 3. The van der Waals surface area contributed by atoms with Crippen LogP contribution in [-0.4, -0.2) is 27.0 Å². The number of amides is 2. The summed E-state index contributed by atoms with van der Waals surface area (Å²) in [4.78, 5) is 26.5. The highest BCUT2D eigenvalue weighted by Gasteiger charge is 2.12. The minimum Gasteiger partial charge on any atom is -0.357 e. The monoisotopic (exact) mass is 269 g/mol. The van der Waals surface area contributed by atoms with Gasteiger partial charge in [0.2, 0.25) is 0 Å². The Morgan fingerprint density at radius 2 is 1.90 bits per heavy atom. The summed E-state index contributed by atoms with van der Waals surface area (Å²) in [6.07, 6.45) is 3.26. The number of rotatable bonds is 2. The zero-order valence-electron chi connectivity index (χ0n) is 10.3. The van der Waals surface area contributed by atoms with Crippen molar-refractivity contribution in [1.82, 2.24) is 26.0 Å². The van der Waals surface area contributed by atoms with Gasteiger partial charge in [0.1, 0.15) is 5.69 Å². The molecule has 0 fully saturated rings. The van der Waals surface area contributed by atoms with Gasteiger partial charge >= 0.3 is 0 Å². The largest absolute Gasteiger partial charge is 0.357 e. The molecule has 0 aliphatic rings. The Hall–Kier alpha value is -3.09. The lowest BCUT2D eigenvalue weighted by Gasteiger charge is -2.07. The summed E-state index contributed by atoms with van der Waals surface area (Å²) in [5, 5.41) is 7.46. The van der Waals surface area contributed by atoms with Crippen LogP contribution in [0.4, 0.5) is 0 Å². The van der Waals surface area contributed by atoms with E-state index in [9.17, 15) is 9.59 Å². The van der Waals surface area contributed by atoms with Gasteiger partial charge in [-0.2, -0.15) is 5.10 Å². The van der Waals surface area contributed by atoms with E-state index in [2.05, 4.69) is 26.0 Å². The van der Waals surface area contributed by atoms with E-state index < -0.39 is 11.8 Å². The zero-order valence-corrected chi connectivity index (χ0v) is 10.3. The van der Waals surface area contributed by atoms with Crippen molar-refractivity contribution >= 4 is 22.7 Å². The van der Waals surface area contributed by atoms with Crippen LogP contribution in [0.15, 0.2) is 42.7 Å². The Morgan fingerprint density at radius 3 is 2.70 bits per heavy atom.